The number of anilines is 1. The lowest BCUT2D eigenvalue weighted by molar-refractivity contribution is -0.173. The topological polar surface area (TPSA) is 76.2 Å². The second-order valence-electron chi connectivity index (χ2n) is 7.46. The normalized spacial score (nSPS) is 24.9. The van der Waals surface area contributed by atoms with Crippen molar-refractivity contribution in [3.63, 3.8) is 0 Å². The van der Waals surface area contributed by atoms with Gasteiger partial charge in [-0.25, -0.2) is 4.68 Å². The molecule has 10 heteroatoms. The average Bonchev–Trinajstić information content (AvgIpc) is 3.36. The molecule has 1 saturated heterocycles. The lowest BCUT2D eigenvalue weighted by Gasteiger charge is -2.31. The molecule has 152 valence electrons. The van der Waals surface area contributed by atoms with E-state index in [9.17, 15) is 18.0 Å². The van der Waals surface area contributed by atoms with Gasteiger partial charge < -0.3 is 14.7 Å². The standard InChI is InChI=1S/C18H22F3N5O2/c1-11-9-15(18(19,20)21)26-16(23-11)10-13(24-26)14-3-2-8-25(14)17(27)5-4-12-6-7-22-28-12/h6-7,10-11,14-15,23H,2-5,8-9H2,1H3/t11-,14-,15-/m1/s1. The van der Waals surface area contributed by atoms with Crippen molar-refractivity contribution in [1.29, 1.82) is 0 Å². The maximum atomic E-state index is 13.5. The minimum absolute atomic E-state index is 0.0569. The highest BCUT2D eigenvalue weighted by Crippen LogP contribution is 2.41. The van der Waals surface area contributed by atoms with Crippen LogP contribution in [0.5, 0.6) is 0 Å². The summed E-state index contributed by atoms with van der Waals surface area (Å²) in [7, 11) is 0. The Labute approximate surface area is 159 Å². The Morgan fingerprint density at radius 2 is 2.25 bits per heavy atom. The third-order valence-corrected chi connectivity index (χ3v) is 5.39. The highest BCUT2D eigenvalue weighted by Gasteiger charge is 2.46. The fourth-order valence-corrected chi connectivity index (χ4v) is 4.06. The molecule has 4 rings (SSSR count). The van der Waals surface area contributed by atoms with E-state index in [1.807, 2.05) is 0 Å². The number of nitrogens with zero attached hydrogens (tertiary/aromatic N) is 4. The first-order chi connectivity index (χ1) is 13.3. The minimum Gasteiger partial charge on any atom is -0.368 e. The Balaban J connectivity index is 1.53. The van der Waals surface area contributed by atoms with Crippen molar-refractivity contribution < 1.29 is 22.5 Å². The van der Waals surface area contributed by atoms with Gasteiger partial charge >= 0.3 is 6.18 Å². The zero-order valence-corrected chi connectivity index (χ0v) is 15.4. The lowest BCUT2D eigenvalue weighted by Crippen LogP contribution is -2.38. The van der Waals surface area contributed by atoms with E-state index in [1.54, 1.807) is 24.0 Å². The van der Waals surface area contributed by atoms with Crippen LogP contribution in [0, 0.1) is 0 Å². The molecule has 2 aromatic heterocycles. The van der Waals surface area contributed by atoms with Crippen molar-refractivity contribution in [3.05, 3.63) is 29.8 Å². The highest BCUT2D eigenvalue weighted by molar-refractivity contribution is 5.77. The summed E-state index contributed by atoms with van der Waals surface area (Å²) in [6, 6.07) is 1.12. The molecule has 2 aromatic rings. The molecule has 0 bridgehead atoms. The number of carbonyl (C=O) groups excluding carboxylic acids is 1. The number of aromatic nitrogens is 3. The molecule has 0 unspecified atom stereocenters. The van der Waals surface area contributed by atoms with Crippen LogP contribution >= 0.6 is 0 Å². The number of rotatable bonds is 4. The summed E-state index contributed by atoms with van der Waals surface area (Å²) in [5.41, 5.74) is 0.511. The summed E-state index contributed by atoms with van der Waals surface area (Å²) in [6.07, 6.45) is -0.710. The molecule has 7 nitrogen and oxygen atoms in total. The number of nitrogens with one attached hydrogen (secondary N) is 1. The molecule has 2 aliphatic heterocycles. The molecule has 4 heterocycles. The van der Waals surface area contributed by atoms with Crippen molar-refractivity contribution in [2.75, 3.05) is 11.9 Å². The number of likely N-dealkylation sites (tertiary alicyclic amines) is 1. The monoisotopic (exact) mass is 397 g/mol. The van der Waals surface area contributed by atoms with Crippen LogP contribution in [0.3, 0.4) is 0 Å². The van der Waals surface area contributed by atoms with Gasteiger partial charge in [0, 0.05) is 37.6 Å². The molecular formula is C18H22F3N5O2. The van der Waals surface area contributed by atoms with E-state index in [1.165, 1.54) is 6.20 Å². The number of hydrogen-bond acceptors (Lipinski definition) is 5. The summed E-state index contributed by atoms with van der Waals surface area (Å²) in [4.78, 5) is 14.4. The van der Waals surface area contributed by atoms with Crippen LogP contribution in [0.4, 0.5) is 19.0 Å². The van der Waals surface area contributed by atoms with Crippen LogP contribution in [0.2, 0.25) is 0 Å². The predicted octanol–water partition coefficient (Wildman–Crippen LogP) is 3.47. The Bertz CT molecular complexity index is 833. The molecule has 0 saturated carbocycles. The molecule has 1 amide bonds. The Kier molecular flexibility index (Phi) is 4.80. The van der Waals surface area contributed by atoms with Crippen LogP contribution in [0.1, 0.15) is 56.1 Å². The van der Waals surface area contributed by atoms with E-state index in [0.717, 1.165) is 11.1 Å². The molecule has 0 radical (unpaired) electrons. The van der Waals surface area contributed by atoms with Gasteiger partial charge in [-0.2, -0.15) is 18.3 Å². The molecule has 1 fully saturated rings. The van der Waals surface area contributed by atoms with Gasteiger partial charge in [0.05, 0.1) is 17.9 Å². The molecule has 0 aliphatic carbocycles. The van der Waals surface area contributed by atoms with Gasteiger partial charge in [-0.05, 0) is 26.2 Å². The summed E-state index contributed by atoms with van der Waals surface area (Å²) >= 11 is 0. The van der Waals surface area contributed by atoms with Gasteiger partial charge in [0.25, 0.3) is 0 Å². The fourth-order valence-electron chi connectivity index (χ4n) is 4.06. The summed E-state index contributed by atoms with van der Waals surface area (Å²) in [6.45, 7) is 2.30. The van der Waals surface area contributed by atoms with Crippen molar-refractivity contribution in [2.45, 2.75) is 63.3 Å². The SMILES string of the molecule is C[C@@H]1C[C@H](C(F)(F)F)n2nc([C@H]3CCCN3C(=O)CCc3ccno3)cc2N1. The number of halogens is 3. The molecule has 3 atom stereocenters. The van der Waals surface area contributed by atoms with Gasteiger partial charge in [0.15, 0.2) is 6.04 Å². The zero-order chi connectivity index (χ0) is 19.9. The first kappa shape index (κ1) is 18.8. The van der Waals surface area contributed by atoms with Crippen molar-refractivity contribution >= 4 is 11.7 Å². The molecular weight excluding hydrogens is 375 g/mol. The number of hydrogen-bond donors (Lipinski definition) is 1. The predicted molar refractivity (Wildman–Crippen MR) is 93.5 cm³/mol. The lowest BCUT2D eigenvalue weighted by atomic mass is 10.1. The van der Waals surface area contributed by atoms with Crippen LogP contribution in [0.25, 0.3) is 0 Å². The van der Waals surface area contributed by atoms with Crippen LogP contribution in [0.15, 0.2) is 22.9 Å². The Morgan fingerprint density at radius 1 is 1.43 bits per heavy atom. The van der Waals surface area contributed by atoms with Crippen molar-refractivity contribution in [1.82, 2.24) is 19.8 Å². The smallest absolute Gasteiger partial charge is 0.368 e. The number of amides is 1. The number of aryl methyl sites for hydroxylation is 1. The van der Waals surface area contributed by atoms with Crippen molar-refractivity contribution in [2.24, 2.45) is 0 Å². The third kappa shape index (κ3) is 3.59. The fraction of sp³-hybridized carbons (Fsp3) is 0.611. The molecule has 1 N–H and O–H groups in total. The van der Waals surface area contributed by atoms with Crippen LogP contribution in [-0.4, -0.2) is 44.5 Å². The first-order valence-corrected chi connectivity index (χ1v) is 9.44. The van der Waals surface area contributed by atoms with Gasteiger partial charge in [0.1, 0.15) is 11.6 Å². The van der Waals surface area contributed by atoms with Crippen molar-refractivity contribution in [3.8, 4) is 0 Å². The van der Waals surface area contributed by atoms with Gasteiger partial charge in [-0.15, -0.1) is 0 Å². The van der Waals surface area contributed by atoms with Crippen LogP contribution < -0.4 is 5.32 Å². The van der Waals surface area contributed by atoms with Gasteiger partial charge in [0.2, 0.25) is 5.91 Å². The van der Waals surface area contributed by atoms with E-state index in [0.29, 0.717) is 36.7 Å². The second kappa shape index (κ2) is 7.14. The van der Waals surface area contributed by atoms with E-state index in [2.05, 4.69) is 15.6 Å². The van der Waals surface area contributed by atoms with Crippen LogP contribution in [-0.2, 0) is 11.2 Å². The van der Waals surface area contributed by atoms with Gasteiger partial charge in [-0.3, -0.25) is 4.79 Å². The molecule has 0 spiro atoms. The molecule has 2 aliphatic rings. The number of carbonyl (C=O) groups is 1. The van der Waals surface area contributed by atoms with E-state index >= 15 is 0 Å². The number of alkyl halides is 3. The maximum absolute atomic E-state index is 13.5. The average molecular weight is 397 g/mol. The number of fused-ring (bicyclic) bond motifs is 1. The minimum atomic E-state index is -4.36. The quantitative estimate of drug-likeness (QED) is 0.855. The maximum Gasteiger partial charge on any atom is 0.410 e. The third-order valence-electron chi connectivity index (χ3n) is 5.39. The van der Waals surface area contributed by atoms with E-state index in [-0.39, 0.29) is 30.8 Å². The van der Waals surface area contributed by atoms with Gasteiger partial charge in [-0.1, -0.05) is 5.16 Å². The summed E-state index contributed by atoms with van der Waals surface area (Å²) in [5, 5.41) is 11.0. The van der Waals surface area contributed by atoms with E-state index < -0.39 is 12.2 Å². The summed E-state index contributed by atoms with van der Waals surface area (Å²) < 4.78 is 46.4. The summed E-state index contributed by atoms with van der Waals surface area (Å²) in [5.74, 6) is 0.934. The Morgan fingerprint density at radius 3 is 2.96 bits per heavy atom. The Hall–Kier alpha value is -2.52. The highest BCUT2D eigenvalue weighted by atomic mass is 19.4. The molecule has 0 aromatic carbocycles. The first-order valence-electron chi connectivity index (χ1n) is 9.44. The second-order valence-corrected chi connectivity index (χ2v) is 7.46. The zero-order valence-electron chi connectivity index (χ0n) is 15.4. The van der Waals surface area contributed by atoms with E-state index in [4.69, 9.17) is 4.52 Å². The largest absolute Gasteiger partial charge is 0.410 e. The molecule has 28 heavy (non-hydrogen) atoms.